The monoisotopic (exact) mass is 347 g/mol. The maximum Gasteiger partial charge on any atom is 0.239 e. The van der Waals surface area contributed by atoms with Crippen LogP contribution < -0.4 is 10.5 Å². The number of hydrogen-bond acceptors (Lipinski definition) is 4. The Labute approximate surface area is 149 Å². The summed E-state index contributed by atoms with van der Waals surface area (Å²) in [7, 11) is 1.91. The van der Waals surface area contributed by atoms with E-state index in [4.69, 9.17) is 10.5 Å². The highest BCUT2D eigenvalue weighted by molar-refractivity contribution is 5.83. The summed E-state index contributed by atoms with van der Waals surface area (Å²) in [5, 5.41) is 0. The molecular weight excluding hydrogens is 318 g/mol. The van der Waals surface area contributed by atoms with E-state index in [0.717, 1.165) is 24.2 Å². The van der Waals surface area contributed by atoms with Crippen LogP contribution in [0, 0.1) is 12.8 Å². The number of benzene rings is 1. The van der Waals surface area contributed by atoms with Gasteiger partial charge in [0.1, 0.15) is 12.4 Å². The van der Waals surface area contributed by atoms with Crippen LogP contribution in [0.3, 0.4) is 0 Å². The molecule has 1 fully saturated rings. The van der Waals surface area contributed by atoms with Crippen molar-refractivity contribution in [1.29, 1.82) is 0 Å². The Kier molecular flexibility index (Phi) is 6.82. The van der Waals surface area contributed by atoms with Gasteiger partial charge in [-0.3, -0.25) is 14.5 Å². The summed E-state index contributed by atoms with van der Waals surface area (Å²) in [6.07, 6.45) is 1.60. The summed E-state index contributed by atoms with van der Waals surface area (Å²) >= 11 is 0. The molecule has 1 aromatic carbocycles. The number of primary amides is 1. The molecule has 6 heteroatoms. The fourth-order valence-corrected chi connectivity index (χ4v) is 3.07. The summed E-state index contributed by atoms with van der Waals surface area (Å²) in [6.45, 7) is 6.21. The second-order valence-electron chi connectivity index (χ2n) is 6.85. The number of nitrogens with zero attached hydrogens (tertiary/aromatic N) is 2. The summed E-state index contributed by atoms with van der Waals surface area (Å²) in [5.41, 5.74) is 6.55. The van der Waals surface area contributed by atoms with Gasteiger partial charge >= 0.3 is 0 Å². The van der Waals surface area contributed by atoms with Crippen LogP contribution in [0.15, 0.2) is 24.3 Å². The van der Waals surface area contributed by atoms with Crippen LogP contribution in [0.1, 0.15) is 25.3 Å². The fraction of sp³-hybridized carbons (Fsp3) is 0.579. The highest BCUT2D eigenvalue weighted by atomic mass is 16.5. The second kappa shape index (κ2) is 8.85. The number of nitrogens with two attached hydrogens (primary N) is 1. The van der Waals surface area contributed by atoms with Gasteiger partial charge in [-0.1, -0.05) is 12.1 Å². The van der Waals surface area contributed by atoms with Crippen molar-refractivity contribution in [3.63, 3.8) is 0 Å². The molecule has 2 N–H and O–H groups in total. The minimum atomic E-state index is -0.315. The number of carbonyl (C=O) groups is 2. The van der Waals surface area contributed by atoms with Crippen LogP contribution in [0.2, 0.25) is 0 Å². The maximum atomic E-state index is 12.7. The number of hydrogen-bond donors (Lipinski definition) is 1. The molecule has 1 aromatic rings. The number of amides is 2. The minimum absolute atomic E-state index is 0.0454. The predicted octanol–water partition coefficient (Wildman–Crippen LogP) is 1.42. The third-order valence-corrected chi connectivity index (χ3v) is 4.86. The number of carbonyl (C=O) groups excluding carboxylic acids is 2. The van der Waals surface area contributed by atoms with Gasteiger partial charge in [-0.2, -0.15) is 0 Å². The van der Waals surface area contributed by atoms with E-state index < -0.39 is 0 Å². The lowest BCUT2D eigenvalue weighted by molar-refractivity contribution is -0.139. The molecule has 25 heavy (non-hydrogen) atoms. The molecule has 2 amide bonds. The molecule has 1 aliphatic rings. The SMILES string of the molecule is Cc1cccc(OCCN(C)[C@H](C)C(=O)N2CCC[C@@H](C(N)=O)C2)c1. The van der Waals surface area contributed by atoms with Gasteiger partial charge in [0.15, 0.2) is 0 Å². The highest BCUT2D eigenvalue weighted by Gasteiger charge is 2.30. The van der Waals surface area contributed by atoms with Gasteiger partial charge in [-0.05, 0) is 51.4 Å². The van der Waals surface area contributed by atoms with Crippen LogP contribution in [-0.4, -0.2) is 60.9 Å². The predicted molar refractivity (Wildman–Crippen MR) is 97.3 cm³/mol. The molecule has 2 rings (SSSR count). The van der Waals surface area contributed by atoms with Gasteiger partial charge in [-0.25, -0.2) is 0 Å². The standard InChI is InChI=1S/C19H29N3O3/c1-14-6-4-8-17(12-14)25-11-10-21(3)15(2)19(24)22-9-5-7-16(13-22)18(20)23/h4,6,8,12,15-16H,5,7,9-11,13H2,1-3H3,(H2,20,23)/t15-,16-/m1/s1. The Morgan fingerprint density at radius 1 is 1.44 bits per heavy atom. The molecule has 1 heterocycles. The van der Waals surface area contributed by atoms with Crippen molar-refractivity contribution < 1.29 is 14.3 Å². The zero-order valence-electron chi connectivity index (χ0n) is 15.4. The Hall–Kier alpha value is -2.08. The van der Waals surface area contributed by atoms with Gasteiger partial charge in [-0.15, -0.1) is 0 Å². The van der Waals surface area contributed by atoms with Crippen molar-refractivity contribution >= 4 is 11.8 Å². The van der Waals surface area contributed by atoms with E-state index in [1.807, 2.05) is 50.1 Å². The number of ether oxygens (including phenoxy) is 1. The van der Waals surface area contributed by atoms with Crippen molar-refractivity contribution in [3.8, 4) is 5.75 Å². The Balaban J connectivity index is 1.81. The Morgan fingerprint density at radius 2 is 2.20 bits per heavy atom. The van der Waals surface area contributed by atoms with E-state index in [1.54, 1.807) is 4.90 Å². The number of rotatable bonds is 7. The first-order valence-electron chi connectivity index (χ1n) is 8.86. The zero-order chi connectivity index (χ0) is 18.4. The van der Waals surface area contributed by atoms with Crippen LogP contribution in [0.25, 0.3) is 0 Å². The summed E-state index contributed by atoms with van der Waals surface area (Å²) in [4.78, 5) is 27.8. The van der Waals surface area contributed by atoms with E-state index in [1.165, 1.54) is 0 Å². The third kappa shape index (κ3) is 5.46. The first-order chi connectivity index (χ1) is 11.9. The molecule has 0 unspecified atom stereocenters. The lowest BCUT2D eigenvalue weighted by Crippen LogP contribution is -2.51. The van der Waals surface area contributed by atoms with Crippen LogP contribution >= 0.6 is 0 Å². The molecule has 0 aromatic heterocycles. The topological polar surface area (TPSA) is 75.9 Å². The number of piperidine rings is 1. The molecule has 0 aliphatic carbocycles. The largest absolute Gasteiger partial charge is 0.492 e. The van der Waals surface area contributed by atoms with Gasteiger partial charge in [0.2, 0.25) is 11.8 Å². The number of likely N-dealkylation sites (tertiary alicyclic amines) is 1. The smallest absolute Gasteiger partial charge is 0.239 e. The number of aryl methyl sites for hydroxylation is 1. The Morgan fingerprint density at radius 3 is 2.88 bits per heavy atom. The molecule has 1 saturated heterocycles. The molecule has 0 bridgehead atoms. The second-order valence-corrected chi connectivity index (χ2v) is 6.85. The van der Waals surface area contributed by atoms with Gasteiger partial charge in [0.25, 0.3) is 0 Å². The minimum Gasteiger partial charge on any atom is -0.492 e. The third-order valence-electron chi connectivity index (χ3n) is 4.86. The summed E-state index contributed by atoms with van der Waals surface area (Å²) in [5.74, 6) is 0.349. The number of likely N-dealkylation sites (N-methyl/N-ethyl adjacent to an activating group) is 1. The molecule has 6 nitrogen and oxygen atoms in total. The maximum absolute atomic E-state index is 12.7. The van der Waals surface area contributed by atoms with Crippen molar-refractivity contribution in [3.05, 3.63) is 29.8 Å². The molecule has 0 radical (unpaired) electrons. The van der Waals surface area contributed by atoms with Crippen LogP contribution in [-0.2, 0) is 9.59 Å². The van der Waals surface area contributed by atoms with E-state index >= 15 is 0 Å². The lowest BCUT2D eigenvalue weighted by Gasteiger charge is -2.35. The van der Waals surface area contributed by atoms with Crippen molar-refractivity contribution in [2.45, 2.75) is 32.7 Å². The first-order valence-corrected chi connectivity index (χ1v) is 8.86. The van der Waals surface area contributed by atoms with Gasteiger partial charge in [0.05, 0.1) is 12.0 Å². The average Bonchev–Trinajstić information content (AvgIpc) is 2.60. The van der Waals surface area contributed by atoms with Crippen molar-refractivity contribution in [1.82, 2.24) is 9.80 Å². The molecule has 1 aliphatic heterocycles. The normalized spacial score (nSPS) is 18.9. The van der Waals surface area contributed by atoms with Crippen molar-refractivity contribution in [2.24, 2.45) is 11.7 Å². The molecule has 138 valence electrons. The fourth-order valence-electron chi connectivity index (χ4n) is 3.07. The lowest BCUT2D eigenvalue weighted by atomic mass is 9.97. The van der Waals surface area contributed by atoms with E-state index in [9.17, 15) is 9.59 Å². The molecule has 0 saturated carbocycles. The van der Waals surface area contributed by atoms with Gasteiger partial charge in [0, 0.05) is 19.6 Å². The van der Waals surface area contributed by atoms with Gasteiger partial charge < -0.3 is 15.4 Å². The van der Waals surface area contributed by atoms with E-state index in [-0.39, 0.29) is 23.8 Å². The molecular formula is C19H29N3O3. The van der Waals surface area contributed by atoms with Crippen LogP contribution in [0.5, 0.6) is 5.75 Å². The average molecular weight is 347 g/mol. The van der Waals surface area contributed by atoms with Crippen LogP contribution in [0.4, 0.5) is 0 Å². The Bertz CT molecular complexity index is 605. The molecule has 0 spiro atoms. The highest BCUT2D eigenvalue weighted by Crippen LogP contribution is 2.18. The first kappa shape index (κ1) is 19.2. The van der Waals surface area contributed by atoms with Crippen molar-refractivity contribution in [2.75, 3.05) is 33.3 Å². The quantitative estimate of drug-likeness (QED) is 0.809. The van der Waals surface area contributed by atoms with E-state index in [0.29, 0.717) is 26.2 Å². The summed E-state index contributed by atoms with van der Waals surface area (Å²) in [6, 6.07) is 7.66. The molecule has 2 atom stereocenters. The van der Waals surface area contributed by atoms with E-state index in [2.05, 4.69) is 0 Å². The summed E-state index contributed by atoms with van der Waals surface area (Å²) < 4.78 is 5.75. The zero-order valence-corrected chi connectivity index (χ0v) is 15.4.